The van der Waals surface area contributed by atoms with Gasteiger partial charge in [-0.3, -0.25) is 4.90 Å². The van der Waals surface area contributed by atoms with E-state index in [4.69, 9.17) is 22.3 Å². The van der Waals surface area contributed by atoms with E-state index in [2.05, 4.69) is 54.0 Å². The van der Waals surface area contributed by atoms with Crippen LogP contribution < -0.4 is 9.80 Å². The SMILES string of the molecule is [2H]C([2H])([2H])C(c1ccc(O)c2nc(-c3cc(-c4c(C)cc(-c5ccccc5)cc4C)c4c(c3)N(c3ccccn3)c3ccccc3N4C)ccc12)(C([2H])([2H])[2H])C([2H])([2H])[2H]. The van der Waals surface area contributed by atoms with Gasteiger partial charge in [0.1, 0.15) is 17.1 Å². The Morgan fingerprint density at radius 1 is 0.680 bits per heavy atom. The molecule has 0 aliphatic carbocycles. The molecule has 0 saturated carbocycles. The summed E-state index contributed by atoms with van der Waals surface area (Å²) < 4.78 is 75.2. The van der Waals surface area contributed by atoms with Gasteiger partial charge in [0.2, 0.25) is 0 Å². The van der Waals surface area contributed by atoms with E-state index in [1.54, 1.807) is 12.3 Å². The Kier molecular flexibility index (Phi) is 5.38. The summed E-state index contributed by atoms with van der Waals surface area (Å²) in [6.07, 6.45) is 1.74. The minimum atomic E-state index is -3.50. The Hall–Kier alpha value is -5.94. The highest BCUT2D eigenvalue weighted by Crippen LogP contribution is 2.55. The van der Waals surface area contributed by atoms with Crippen LogP contribution in [0, 0.1) is 13.8 Å². The van der Waals surface area contributed by atoms with Crippen LogP contribution in [0.5, 0.6) is 5.75 Å². The lowest BCUT2D eigenvalue weighted by molar-refractivity contribution is 0.479. The maximum absolute atomic E-state index is 11.3. The molecule has 5 nitrogen and oxygen atoms in total. The Bertz CT molecular complexity index is 2690. The monoisotopic (exact) mass is 661 g/mol. The molecule has 0 spiro atoms. The third kappa shape index (κ3) is 5.17. The largest absolute Gasteiger partial charge is 0.506 e. The third-order valence-electron chi connectivity index (χ3n) is 9.47. The molecule has 0 radical (unpaired) electrons. The van der Waals surface area contributed by atoms with E-state index in [1.165, 1.54) is 6.07 Å². The van der Waals surface area contributed by atoms with Gasteiger partial charge in [0.05, 0.1) is 28.4 Å². The number of aromatic nitrogens is 2. The fourth-order valence-electron chi connectivity index (χ4n) is 7.28. The molecule has 1 aliphatic heterocycles. The lowest BCUT2D eigenvalue weighted by Gasteiger charge is -2.40. The number of hydrogen-bond donors (Lipinski definition) is 1. The highest BCUT2D eigenvalue weighted by molar-refractivity contribution is 6.05. The molecule has 0 saturated heterocycles. The number of rotatable bonds is 4. The van der Waals surface area contributed by atoms with E-state index in [0.717, 1.165) is 68.3 Å². The maximum atomic E-state index is 11.3. The normalized spacial score (nSPS) is 16.0. The van der Waals surface area contributed by atoms with Gasteiger partial charge in [-0.2, -0.15) is 0 Å². The van der Waals surface area contributed by atoms with Gasteiger partial charge < -0.3 is 10.0 Å². The Morgan fingerprint density at radius 3 is 2.12 bits per heavy atom. The van der Waals surface area contributed by atoms with Crippen molar-refractivity contribution in [1.82, 2.24) is 9.97 Å². The van der Waals surface area contributed by atoms with E-state index in [-0.39, 0.29) is 16.7 Å². The van der Waals surface area contributed by atoms with Crippen molar-refractivity contribution in [2.45, 2.75) is 39.8 Å². The molecule has 5 heteroatoms. The minimum Gasteiger partial charge on any atom is -0.506 e. The first-order valence-electron chi connectivity index (χ1n) is 20.9. The Labute approximate surface area is 306 Å². The summed E-state index contributed by atoms with van der Waals surface area (Å²) in [5, 5.41) is 11.2. The molecule has 3 heterocycles. The molecular formula is C45H40N4O. The number of fused-ring (bicyclic) bond motifs is 3. The number of phenolic OH excluding ortho intramolecular Hbond substituents is 1. The van der Waals surface area contributed by atoms with E-state index < -0.39 is 31.5 Å². The summed E-state index contributed by atoms with van der Waals surface area (Å²) in [7, 11) is 2.03. The van der Waals surface area contributed by atoms with Gasteiger partial charge in [-0.25, -0.2) is 9.97 Å². The van der Waals surface area contributed by atoms with Gasteiger partial charge in [-0.1, -0.05) is 93.4 Å². The van der Waals surface area contributed by atoms with E-state index in [1.807, 2.05) is 73.8 Å². The van der Waals surface area contributed by atoms with Crippen LogP contribution in [-0.2, 0) is 5.41 Å². The van der Waals surface area contributed by atoms with Gasteiger partial charge in [-0.15, -0.1) is 0 Å². The number of nitrogens with zero attached hydrogens (tertiary/aromatic N) is 4. The van der Waals surface area contributed by atoms with Crippen LogP contribution in [0.4, 0.5) is 28.6 Å². The van der Waals surface area contributed by atoms with Gasteiger partial charge in [0.15, 0.2) is 0 Å². The fourth-order valence-corrected chi connectivity index (χ4v) is 7.28. The highest BCUT2D eigenvalue weighted by atomic mass is 16.3. The van der Waals surface area contributed by atoms with Crippen LogP contribution in [0.2, 0.25) is 0 Å². The second-order valence-corrected chi connectivity index (χ2v) is 12.8. The summed E-state index contributed by atoms with van der Waals surface area (Å²) in [5.74, 6) is 0.306. The lowest BCUT2D eigenvalue weighted by Crippen LogP contribution is -2.25. The summed E-state index contributed by atoms with van der Waals surface area (Å²) >= 11 is 0. The van der Waals surface area contributed by atoms with Gasteiger partial charge >= 0.3 is 0 Å². The zero-order valence-corrected chi connectivity index (χ0v) is 27.9. The van der Waals surface area contributed by atoms with E-state index in [0.29, 0.717) is 17.1 Å². The molecule has 2 aromatic heterocycles. The topological polar surface area (TPSA) is 52.5 Å². The zero-order chi connectivity index (χ0) is 42.2. The molecule has 0 unspecified atom stereocenters. The van der Waals surface area contributed by atoms with Crippen molar-refractivity contribution in [2.24, 2.45) is 0 Å². The molecule has 7 aromatic rings. The quantitative estimate of drug-likeness (QED) is 0.203. The standard InChI is InChI=1S/C45H40N4O/c1-28-24-31(30-14-8-7-9-15-30)25-29(2)42(28)34-26-32(36-21-19-33-35(45(3,4)5)20-22-40(50)43(33)47-36)27-39-44(34)48(6)37-16-10-11-17-38(37)49(39)41-18-12-13-23-46-41/h7-27,50H,1-6H3/i3D3,4D3,5D3. The Morgan fingerprint density at radius 2 is 1.40 bits per heavy atom. The summed E-state index contributed by atoms with van der Waals surface area (Å²) in [6, 6.07) is 37.5. The molecule has 0 fully saturated rings. The molecule has 1 aliphatic rings. The molecule has 8 rings (SSSR count). The van der Waals surface area contributed by atoms with Crippen LogP contribution >= 0.6 is 0 Å². The number of anilines is 5. The van der Waals surface area contributed by atoms with Gasteiger partial charge in [-0.05, 0) is 101 Å². The maximum Gasteiger partial charge on any atom is 0.141 e. The first kappa shape index (κ1) is 22.6. The number of phenols is 1. The second-order valence-electron chi connectivity index (χ2n) is 12.8. The minimum absolute atomic E-state index is 0.0951. The van der Waals surface area contributed by atoms with E-state index >= 15 is 0 Å². The molecule has 0 amide bonds. The molecule has 5 aromatic carbocycles. The van der Waals surface area contributed by atoms with Crippen LogP contribution in [0.25, 0.3) is 44.4 Å². The molecule has 0 atom stereocenters. The molecule has 246 valence electrons. The second kappa shape index (κ2) is 11.9. The number of aromatic hydroxyl groups is 1. The Balaban J connectivity index is 1.43. The summed E-state index contributed by atoms with van der Waals surface area (Å²) in [5.41, 5.74) is 6.75. The van der Waals surface area contributed by atoms with Crippen molar-refractivity contribution >= 4 is 39.5 Å². The van der Waals surface area contributed by atoms with Gasteiger partial charge in [0, 0.05) is 42.1 Å². The number of para-hydroxylation sites is 2. The average molecular weight is 662 g/mol. The smallest absolute Gasteiger partial charge is 0.141 e. The van der Waals surface area contributed by atoms with Crippen LogP contribution in [0.1, 0.15) is 49.6 Å². The van der Waals surface area contributed by atoms with Crippen LogP contribution in [-0.4, -0.2) is 22.1 Å². The van der Waals surface area contributed by atoms with Crippen molar-refractivity contribution in [3.8, 4) is 39.3 Å². The van der Waals surface area contributed by atoms with Crippen LogP contribution in [0.15, 0.2) is 128 Å². The number of hydrogen-bond acceptors (Lipinski definition) is 5. The summed E-state index contributed by atoms with van der Waals surface area (Å²) in [6.45, 7) is -6.32. The summed E-state index contributed by atoms with van der Waals surface area (Å²) in [4.78, 5) is 13.9. The highest BCUT2D eigenvalue weighted by Gasteiger charge is 2.32. The van der Waals surface area contributed by atoms with E-state index in [9.17, 15) is 5.11 Å². The average Bonchev–Trinajstić information content (AvgIpc) is 3.17. The van der Waals surface area contributed by atoms with Crippen molar-refractivity contribution in [2.75, 3.05) is 16.8 Å². The number of benzene rings is 5. The lowest BCUT2D eigenvalue weighted by atomic mass is 9.84. The first-order chi connectivity index (χ1) is 27.8. The van der Waals surface area contributed by atoms with Gasteiger partial charge in [0.25, 0.3) is 0 Å². The first-order valence-corrected chi connectivity index (χ1v) is 16.4. The number of pyridine rings is 2. The predicted molar refractivity (Wildman–Crippen MR) is 208 cm³/mol. The molecule has 0 bridgehead atoms. The van der Waals surface area contributed by atoms with Crippen LogP contribution in [0.3, 0.4) is 0 Å². The number of aryl methyl sites for hydroxylation is 2. The van der Waals surface area contributed by atoms with Crippen molar-refractivity contribution < 1.29 is 17.4 Å². The predicted octanol–water partition coefficient (Wildman–Crippen LogP) is 11.8. The molecular weight excluding hydrogens is 613 g/mol. The third-order valence-corrected chi connectivity index (χ3v) is 9.47. The van der Waals surface area contributed by atoms with Crippen molar-refractivity contribution in [1.29, 1.82) is 0 Å². The van der Waals surface area contributed by atoms with Crippen molar-refractivity contribution in [3.05, 3.63) is 144 Å². The van der Waals surface area contributed by atoms with Crippen molar-refractivity contribution in [3.63, 3.8) is 0 Å². The zero-order valence-electron chi connectivity index (χ0n) is 36.9. The molecule has 50 heavy (non-hydrogen) atoms. The molecule has 1 N–H and O–H groups in total. The fraction of sp³-hybridized carbons (Fsp3) is 0.156.